The van der Waals surface area contributed by atoms with Crippen LogP contribution in [-0.2, 0) is 42.1 Å². The average molecular weight is 849 g/mol. The minimum atomic E-state index is -4.82. The quantitative estimate of drug-likeness (QED) is 0.0269. The molecular formula is C45H87NO11P-. The van der Waals surface area contributed by atoms with E-state index in [0.717, 1.165) is 38.5 Å². The van der Waals surface area contributed by atoms with E-state index < -0.39 is 45.2 Å². The third kappa shape index (κ3) is 42.4. The number of alkyl carbamates (subject to hydrolysis) is 1. The van der Waals surface area contributed by atoms with Gasteiger partial charge in [0.1, 0.15) is 13.2 Å². The van der Waals surface area contributed by atoms with E-state index in [2.05, 4.69) is 19.2 Å². The van der Waals surface area contributed by atoms with Crippen LogP contribution in [-0.4, -0.2) is 70.8 Å². The summed E-state index contributed by atoms with van der Waals surface area (Å²) in [4.78, 5) is 49.2. The highest BCUT2D eigenvalue weighted by atomic mass is 31.2. The molecule has 0 bridgehead atoms. The van der Waals surface area contributed by atoms with Crippen molar-refractivity contribution in [3.05, 3.63) is 0 Å². The first-order valence-electron chi connectivity index (χ1n) is 23.6. The van der Waals surface area contributed by atoms with Crippen LogP contribution in [0.3, 0.4) is 0 Å². The monoisotopic (exact) mass is 849 g/mol. The first-order valence-corrected chi connectivity index (χ1v) is 25.0. The van der Waals surface area contributed by atoms with Crippen molar-refractivity contribution in [2.24, 2.45) is 0 Å². The number of esters is 2. The lowest BCUT2D eigenvalue weighted by Crippen LogP contribution is -2.31. The molecule has 0 aliphatic heterocycles. The number of unbranched alkanes of at least 4 members (excludes halogenated alkanes) is 28. The number of nitrogens with one attached hydrogen (secondary N) is 1. The average Bonchev–Trinajstić information content (AvgIpc) is 3.20. The normalized spacial score (nSPS) is 12.9. The van der Waals surface area contributed by atoms with Crippen LogP contribution in [0.2, 0.25) is 0 Å². The summed E-state index contributed by atoms with van der Waals surface area (Å²) < 4.78 is 42.7. The molecule has 0 heterocycles. The number of phosphoric acid groups is 1. The van der Waals surface area contributed by atoms with Crippen LogP contribution in [0, 0.1) is 0 Å². The zero-order valence-electron chi connectivity index (χ0n) is 37.4. The van der Waals surface area contributed by atoms with Crippen molar-refractivity contribution in [3.63, 3.8) is 0 Å². The zero-order chi connectivity index (χ0) is 42.6. The van der Waals surface area contributed by atoms with Gasteiger partial charge in [-0.2, -0.15) is 0 Å². The predicted octanol–water partition coefficient (Wildman–Crippen LogP) is 11.8. The summed E-state index contributed by atoms with van der Waals surface area (Å²) >= 11 is 0. The Morgan fingerprint density at radius 2 is 0.897 bits per heavy atom. The predicted molar refractivity (Wildman–Crippen MR) is 231 cm³/mol. The molecule has 0 fully saturated rings. The number of methoxy groups -OCH3 is 1. The number of carbonyl (C=O) groups excluding carboxylic acids is 3. The van der Waals surface area contributed by atoms with Crippen LogP contribution < -0.4 is 10.2 Å². The van der Waals surface area contributed by atoms with Gasteiger partial charge in [0.25, 0.3) is 7.82 Å². The third-order valence-electron chi connectivity index (χ3n) is 10.3. The smallest absolute Gasteiger partial charge is 0.407 e. The molecule has 0 aliphatic rings. The number of hydrogen-bond donors (Lipinski definition) is 1. The molecule has 2 unspecified atom stereocenters. The van der Waals surface area contributed by atoms with E-state index in [9.17, 15) is 23.8 Å². The van der Waals surface area contributed by atoms with Gasteiger partial charge in [0.15, 0.2) is 6.10 Å². The second kappa shape index (κ2) is 43.4. The molecule has 0 rings (SSSR count). The molecule has 13 heteroatoms. The Labute approximate surface area is 354 Å². The Hall–Kier alpha value is -1.72. The largest absolute Gasteiger partial charge is 0.756 e. The molecule has 0 saturated heterocycles. The van der Waals surface area contributed by atoms with E-state index in [-0.39, 0.29) is 39.2 Å². The Morgan fingerprint density at radius 3 is 1.31 bits per heavy atom. The van der Waals surface area contributed by atoms with Crippen molar-refractivity contribution in [1.29, 1.82) is 0 Å². The fourth-order valence-corrected chi connectivity index (χ4v) is 7.43. The van der Waals surface area contributed by atoms with E-state index in [4.69, 9.17) is 28.0 Å². The van der Waals surface area contributed by atoms with Gasteiger partial charge in [-0.05, 0) is 12.8 Å². The molecule has 1 N–H and O–H groups in total. The number of rotatable bonds is 45. The van der Waals surface area contributed by atoms with Gasteiger partial charge < -0.3 is 38.2 Å². The number of carbonyl (C=O) groups is 3. The molecule has 58 heavy (non-hydrogen) atoms. The number of phosphoric ester groups is 1. The maximum Gasteiger partial charge on any atom is 0.407 e. The van der Waals surface area contributed by atoms with Crippen LogP contribution in [0.1, 0.15) is 219 Å². The molecule has 344 valence electrons. The molecule has 0 aromatic rings. The van der Waals surface area contributed by atoms with Crippen LogP contribution in [0.4, 0.5) is 4.79 Å². The van der Waals surface area contributed by atoms with Crippen LogP contribution in [0.15, 0.2) is 0 Å². The van der Waals surface area contributed by atoms with Crippen LogP contribution >= 0.6 is 7.82 Å². The van der Waals surface area contributed by atoms with Gasteiger partial charge in [-0.25, -0.2) is 4.79 Å². The zero-order valence-corrected chi connectivity index (χ0v) is 38.3. The van der Waals surface area contributed by atoms with E-state index >= 15 is 0 Å². The second-order valence-corrected chi connectivity index (χ2v) is 17.2. The van der Waals surface area contributed by atoms with Crippen LogP contribution in [0.5, 0.6) is 0 Å². The molecule has 0 aromatic heterocycles. The summed E-state index contributed by atoms with van der Waals surface area (Å²) in [5, 5.41) is 2.36. The first-order chi connectivity index (χ1) is 28.2. The molecule has 0 aliphatic carbocycles. The number of ether oxygens (including phenoxy) is 4. The fourth-order valence-electron chi connectivity index (χ4n) is 6.69. The molecule has 12 nitrogen and oxygen atoms in total. The van der Waals surface area contributed by atoms with Gasteiger partial charge in [-0.15, -0.1) is 0 Å². The van der Waals surface area contributed by atoms with E-state index in [1.807, 2.05) is 0 Å². The number of hydrogen-bond acceptors (Lipinski definition) is 11. The number of amides is 1. The van der Waals surface area contributed by atoms with E-state index in [1.165, 1.54) is 148 Å². The topological polar surface area (TPSA) is 159 Å². The summed E-state index contributed by atoms with van der Waals surface area (Å²) in [5.74, 6) is -0.928. The fraction of sp³-hybridized carbons (Fsp3) is 0.933. The molecule has 0 saturated carbocycles. The van der Waals surface area contributed by atoms with Gasteiger partial charge in [-0.3, -0.25) is 14.2 Å². The lowest BCUT2D eigenvalue weighted by molar-refractivity contribution is -0.228. The Bertz CT molecular complexity index is 986. The summed E-state index contributed by atoms with van der Waals surface area (Å²) in [5.41, 5.74) is 0. The molecular weight excluding hydrogens is 761 g/mol. The molecule has 0 aromatic carbocycles. The summed E-state index contributed by atoms with van der Waals surface area (Å²) in [6.45, 7) is 3.36. The highest BCUT2D eigenvalue weighted by Gasteiger charge is 2.21. The maximum absolute atomic E-state index is 12.7. The van der Waals surface area contributed by atoms with Gasteiger partial charge in [0.2, 0.25) is 0 Å². The Kier molecular flexibility index (Phi) is 42.1. The van der Waals surface area contributed by atoms with E-state index in [0.29, 0.717) is 12.8 Å². The summed E-state index contributed by atoms with van der Waals surface area (Å²) in [6.07, 6.45) is 35.3. The Balaban J connectivity index is 4.42. The SMILES string of the molecule is CCCCCCCCCCCCCCCCCC(=O)OCC(COP(=O)([O-])OCCNC(=O)OCCOC)OC(=O)CCCCCCCCCCCCCCCCC. The lowest BCUT2D eigenvalue weighted by atomic mass is 10.0. The first kappa shape index (κ1) is 56.3. The van der Waals surface area contributed by atoms with E-state index in [1.54, 1.807) is 0 Å². The minimum Gasteiger partial charge on any atom is -0.756 e. The van der Waals surface area contributed by atoms with Crippen molar-refractivity contribution in [3.8, 4) is 0 Å². The standard InChI is InChI=1S/C45H88NO11P/c1-4-6-8-10-12-14-16-18-20-22-24-26-28-30-32-34-43(47)54-40-42(41-56-58(50,51)55-37-36-46-45(49)53-39-38-52-3)57-44(48)35-33-31-29-27-25-23-21-19-17-15-13-11-9-7-5-2/h42H,4-41H2,1-3H3,(H,46,49)(H,50,51)/p-1. The van der Waals surface area contributed by atoms with Crippen molar-refractivity contribution in [2.45, 2.75) is 225 Å². The lowest BCUT2D eigenvalue weighted by Gasteiger charge is -2.25. The van der Waals surface area contributed by atoms with Crippen LogP contribution in [0.25, 0.3) is 0 Å². The van der Waals surface area contributed by atoms with Crippen molar-refractivity contribution < 1.29 is 51.8 Å². The van der Waals surface area contributed by atoms with Crippen molar-refractivity contribution >= 4 is 25.9 Å². The van der Waals surface area contributed by atoms with Gasteiger partial charge in [0, 0.05) is 26.5 Å². The van der Waals surface area contributed by atoms with Crippen molar-refractivity contribution in [2.75, 3.05) is 46.7 Å². The second-order valence-electron chi connectivity index (χ2n) is 15.8. The summed E-state index contributed by atoms with van der Waals surface area (Å²) in [7, 11) is -3.34. The Morgan fingerprint density at radius 1 is 0.500 bits per heavy atom. The van der Waals surface area contributed by atoms with Gasteiger partial charge in [-0.1, -0.05) is 194 Å². The van der Waals surface area contributed by atoms with Gasteiger partial charge >= 0.3 is 18.0 Å². The van der Waals surface area contributed by atoms with Gasteiger partial charge in [0.05, 0.1) is 19.8 Å². The highest BCUT2D eigenvalue weighted by Crippen LogP contribution is 2.38. The molecule has 1 amide bonds. The third-order valence-corrected chi connectivity index (χ3v) is 11.2. The molecule has 0 spiro atoms. The highest BCUT2D eigenvalue weighted by molar-refractivity contribution is 7.45. The molecule has 0 radical (unpaired) electrons. The van der Waals surface area contributed by atoms with Crippen molar-refractivity contribution in [1.82, 2.24) is 5.32 Å². The molecule has 2 atom stereocenters. The summed E-state index contributed by atoms with van der Waals surface area (Å²) in [6, 6.07) is 0. The maximum atomic E-state index is 12.7. The minimum absolute atomic E-state index is 0.0515.